The van der Waals surface area contributed by atoms with Crippen LogP contribution in [-0.4, -0.2) is 42.2 Å². The van der Waals surface area contributed by atoms with Gasteiger partial charge in [0.05, 0.1) is 7.11 Å². The first-order valence-electron chi connectivity index (χ1n) is 6.21. The molecular weight excluding hydrogens is 248 g/mol. The normalized spacial score (nSPS) is 23.2. The third-order valence-electron chi connectivity index (χ3n) is 3.10. The number of hydrogen-bond donors (Lipinski definition) is 1. The highest BCUT2D eigenvalue weighted by atomic mass is 16.6. The van der Waals surface area contributed by atoms with Crippen molar-refractivity contribution in [1.82, 2.24) is 10.3 Å². The Kier molecular flexibility index (Phi) is 3.84. The molecule has 1 aliphatic heterocycles. The summed E-state index contributed by atoms with van der Waals surface area (Å²) in [5, 5.41) is 14.4. The molecule has 0 aliphatic carbocycles. The van der Waals surface area contributed by atoms with Crippen LogP contribution in [0.1, 0.15) is 13.8 Å². The summed E-state index contributed by atoms with van der Waals surface area (Å²) in [6.45, 7) is 5.73. The monoisotopic (exact) mass is 266 g/mol. The predicted molar refractivity (Wildman–Crippen MR) is 71.7 cm³/mol. The zero-order valence-corrected chi connectivity index (χ0v) is 11.3. The maximum Gasteiger partial charge on any atom is 0.408 e. The Morgan fingerprint density at radius 3 is 2.58 bits per heavy atom. The molecule has 1 aromatic rings. The Labute approximate surface area is 111 Å². The van der Waals surface area contributed by atoms with Crippen molar-refractivity contribution in [1.29, 1.82) is 0 Å². The Balaban J connectivity index is 2.30. The van der Waals surface area contributed by atoms with Gasteiger partial charge >= 0.3 is 5.82 Å². The van der Waals surface area contributed by atoms with E-state index in [4.69, 9.17) is 4.74 Å². The van der Waals surface area contributed by atoms with E-state index in [0.717, 1.165) is 13.1 Å². The van der Waals surface area contributed by atoms with Crippen LogP contribution in [0.25, 0.3) is 0 Å². The largest absolute Gasteiger partial charge is 0.489 e. The van der Waals surface area contributed by atoms with Crippen LogP contribution >= 0.6 is 0 Å². The zero-order valence-electron chi connectivity index (χ0n) is 11.3. The third kappa shape index (κ3) is 2.93. The Morgan fingerprint density at radius 1 is 1.42 bits per heavy atom. The number of nitrogens with zero attached hydrogens (tertiary/aromatic N) is 3. The maximum atomic E-state index is 11.0. The second-order valence-corrected chi connectivity index (χ2v) is 4.83. The molecule has 1 aliphatic rings. The van der Waals surface area contributed by atoms with E-state index in [-0.39, 0.29) is 11.6 Å². The van der Waals surface area contributed by atoms with Crippen molar-refractivity contribution in [3.63, 3.8) is 0 Å². The van der Waals surface area contributed by atoms with Gasteiger partial charge in [-0.25, -0.2) is 0 Å². The lowest BCUT2D eigenvalue weighted by Gasteiger charge is -2.35. The first kappa shape index (κ1) is 13.5. The van der Waals surface area contributed by atoms with Gasteiger partial charge < -0.3 is 25.1 Å². The number of methoxy groups -OCH3 is 1. The van der Waals surface area contributed by atoms with Crippen LogP contribution in [-0.2, 0) is 0 Å². The highest BCUT2D eigenvalue weighted by molar-refractivity contribution is 5.50. The van der Waals surface area contributed by atoms with Crippen molar-refractivity contribution >= 4 is 11.6 Å². The van der Waals surface area contributed by atoms with E-state index < -0.39 is 4.92 Å². The molecule has 2 heterocycles. The van der Waals surface area contributed by atoms with E-state index >= 15 is 0 Å². The van der Waals surface area contributed by atoms with Gasteiger partial charge in [0, 0.05) is 31.2 Å². The molecule has 1 fully saturated rings. The van der Waals surface area contributed by atoms with Crippen molar-refractivity contribution in [3.05, 3.63) is 22.2 Å². The number of ether oxygens (including phenoxy) is 1. The lowest BCUT2D eigenvalue weighted by atomic mass is 10.1. The molecule has 1 saturated heterocycles. The van der Waals surface area contributed by atoms with Crippen LogP contribution in [0.2, 0.25) is 0 Å². The van der Waals surface area contributed by atoms with Crippen LogP contribution in [0.3, 0.4) is 0 Å². The summed E-state index contributed by atoms with van der Waals surface area (Å²) < 4.78 is 4.96. The fraction of sp³-hybridized carbons (Fsp3) is 0.583. The molecule has 0 radical (unpaired) electrons. The smallest absolute Gasteiger partial charge is 0.408 e. The minimum absolute atomic E-state index is 0.185. The number of nitrogens with one attached hydrogen (secondary N) is 1. The van der Waals surface area contributed by atoms with Crippen LogP contribution < -0.4 is 15.0 Å². The minimum Gasteiger partial charge on any atom is -0.489 e. The maximum absolute atomic E-state index is 11.0. The van der Waals surface area contributed by atoms with Gasteiger partial charge in [0.2, 0.25) is 11.6 Å². The number of rotatable bonds is 3. The molecule has 2 unspecified atom stereocenters. The molecule has 1 aromatic heterocycles. The van der Waals surface area contributed by atoms with Crippen molar-refractivity contribution < 1.29 is 9.66 Å². The average molecular weight is 266 g/mol. The van der Waals surface area contributed by atoms with Crippen LogP contribution in [0.4, 0.5) is 11.6 Å². The Morgan fingerprint density at radius 2 is 2.05 bits per heavy atom. The number of piperazine rings is 1. The van der Waals surface area contributed by atoms with Gasteiger partial charge in [-0.1, -0.05) is 0 Å². The lowest BCUT2D eigenvalue weighted by molar-refractivity contribution is -0.390. The van der Waals surface area contributed by atoms with Gasteiger partial charge in [-0.15, -0.1) is 0 Å². The lowest BCUT2D eigenvalue weighted by Crippen LogP contribution is -2.54. The fourth-order valence-electron chi connectivity index (χ4n) is 2.41. The fourth-order valence-corrected chi connectivity index (χ4v) is 2.41. The number of nitro groups is 1. The molecule has 7 heteroatoms. The summed E-state index contributed by atoms with van der Waals surface area (Å²) >= 11 is 0. The van der Waals surface area contributed by atoms with Crippen LogP contribution in [0.5, 0.6) is 5.75 Å². The highest BCUT2D eigenvalue weighted by Crippen LogP contribution is 2.28. The molecule has 0 aromatic carbocycles. The predicted octanol–water partition coefficient (Wildman–Crippen LogP) is 1.18. The summed E-state index contributed by atoms with van der Waals surface area (Å²) in [4.78, 5) is 16.6. The molecule has 0 spiro atoms. The van der Waals surface area contributed by atoms with Gasteiger partial charge in [0.25, 0.3) is 0 Å². The van der Waals surface area contributed by atoms with Gasteiger partial charge in [-0.3, -0.25) is 0 Å². The number of pyridine rings is 1. The first-order chi connectivity index (χ1) is 9.01. The highest BCUT2D eigenvalue weighted by Gasteiger charge is 2.27. The van der Waals surface area contributed by atoms with Crippen LogP contribution in [0, 0.1) is 10.1 Å². The van der Waals surface area contributed by atoms with Crippen LogP contribution in [0.15, 0.2) is 12.1 Å². The van der Waals surface area contributed by atoms with Crippen molar-refractivity contribution in [3.8, 4) is 5.75 Å². The summed E-state index contributed by atoms with van der Waals surface area (Å²) in [5.74, 6) is 0.566. The van der Waals surface area contributed by atoms with E-state index in [9.17, 15) is 10.1 Å². The van der Waals surface area contributed by atoms with E-state index in [2.05, 4.69) is 29.0 Å². The summed E-state index contributed by atoms with van der Waals surface area (Å²) in [7, 11) is 1.40. The zero-order chi connectivity index (χ0) is 14.0. The second-order valence-electron chi connectivity index (χ2n) is 4.83. The molecule has 2 rings (SSSR count). The van der Waals surface area contributed by atoms with Gasteiger partial charge in [0.1, 0.15) is 0 Å². The molecule has 104 valence electrons. The van der Waals surface area contributed by atoms with Gasteiger partial charge in [-0.2, -0.15) is 0 Å². The van der Waals surface area contributed by atoms with Gasteiger partial charge in [-0.05, 0) is 29.8 Å². The van der Waals surface area contributed by atoms with Crippen molar-refractivity contribution in [2.75, 3.05) is 25.1 Å². The number of aromatic nitrogens is 1. The van der Waals surface area contributed by atoms with Crippen molar-refractivity contribution in [2.24, 2.45) is 0 Å². The quantitative estimate of drug-likeness (QED) is 0.653. The molecular formula is C12H18N4O3. The molecule has 7 nitrogen and oxygen atoms in total. The number of hydrogen-bond acceptors (Lipinski definition) is 6. The first-order valence-corrected chi connectivity index (χ1v) is 6.21. The van der Waals surface area contributed by atoms with E-state index in [1.807, 2.05) is 0 Å². The topological polar surface area (TPSA) is 80.5 Å². The molecule has 0 amide bonds. The molecule has 2 atom stereocenters. The SMILES string of the molecule is COc1ccc(N2CC(C)NC(C)C2)nc1[N+](=O)[O-]. The summed E-state index contributed by atoms with van der Waals surface area (Å²) in [6, 6.07) is 4.01. The van der Waals surface area contributed by atoms with E-state index in [1.54, 1.807) is 12.1 Å². The minimum atomic E-state index is -0.516. The Bertz CT molecular complexity index is 470. The summed E-state index contributed by atoms with van der Waals surface area (Å²) in [5.41, 5.74) is 0. The van der Waals surface area contributed by atoms with E-state index in [0.29, 0.717) is 17.9 Å². The Hall–Kier alpha value is -1.89. The molecule has 0 bridgehead atoms. The van der Waals surface area contributed by atoms with Crippen molar-refractivity contribution in [2.45, 2.75) is 25.9 Å². The van der Waals surface area contributed by atoms with Gasteiger partial charge in [0.15, 0.2) is 0 Å². The second kappa shape index (κ2) is 5.40. The molecule has 0 saturated carbocycles. The molecule has 19 heavy (non-hydrogen) atoms. The number of anilines is 1. The average Bonchev–Trinajstić information content (AvgIpc) is 2.36. The standard InChI is InChI=1S/C12H18N4O3/c1-8-6-15(7-9(2)13-8)11-5-4-10(19-3)12(14-11)16(17)18/h4-5,8-9,13H,6-7H2,1-3H3. The third-order valence-corrected chi connectivity index (χ3v) is 3.10. The summed E-state index contributed by atoms with van der Waals surface area (Å²) in [6.07, 6.45) is 0. The van der Waals surface area contributed by atoms with E-state index in [1.165, 1.54) is 7.11 Å². The molecule has 1 N–H and O–H groups in total.